The van der Waals surface area contributed by atoms with Gasteiger partial charge in [-0.05, 0) is 12.1 Å². The van der Waals surface area contributed by atoms with Gasteiger partial charge in [0.15, 0.2) is 0 Å². The Kier molecular flexibility index (Phi) is 6.89. The van der Waals surface area contributed by atoms with Gasteiger partial charge in [-0.2, -0.15) is 13.2 Å². The first kappa shape index (κ1) is 24.0. The number of nitro benzene ring substituents is 1. The van der Waals surface area contributed by atoms with Gasteiger partial charge in [-0.3, -0.25) is 19.7 Å². The maximum atomic E-state index is 12.8. The van der Waals surface area contributed by atoms with Crippen molar-refractivity contribution in [2.75, 3.05) is 38.1 Å². The van der Waals surface area contributed by atoms with E-state index >= 15 is 0 Å². The van der Waals surface area contributed by atoms with Crippen LogP contribution in [0.1, 0.15) is 23.1 Å². The third kappa shape index (κ3) is 5.79. The van der Waals surface area contributed by atoms with Gasteiger partial charge in [0.2, 0.25) is 5.91 Å². The topological polar surface area (TPSA) is 105 Å². The van der Waals surface area contributed by atoms with Gasteiger partial charge in [0.1, 0.15) is 18.1 Å². The van der Waals surface area contributed by atoms with E-state index in [0.29, 0.717) is 31.9 Å². The highest BCUT2D eigenvalue weighted by Gasteiger charge is 2.30. The fraction of sp³-hybridized carbons (Fsp3) is 0.450. The average molecular weight is 468 g/mol. The summed E-state index contributed by atoms with van der Waals surface area (Å²) in [6.07, 6.45) is -2.05. The Morgan fingerprint density at radius 3 is 2.45 bits per heavy atom. The average Bonchev–Trinajstić information content (AvgIpc) is 3.17. The fourth-order valence-electron chi connectivity index (χ4n) is 3.67. The molecule has 10 nitrogen and oxygen atoms in total. The van der Waals surface area contributed by atoms with E-state index in [1.54, 1.807) is 9.80 Å². The molecule has 33 heavy (non-hydrogen) atoms. The minimum absolute atomic E-state index is 0.0317. The van der Waals surface area contributed by atoms with Crippen LogP contribution in [0.3, 0.4) is 0 Å². The second-order valence-corrected chi connectivity index (χ2v) is 7.70. The van der Waals surface area contributed by atoms with E-state index in [2.05, 4.69) is 4.98 Å². The Morgan fingerprint density at radius 1 is 1.21 bits per heavy atom. The summed E-state index contributed by atoms with van der Waals surface area (Å²) in [6.45, 7) is 1.71. The van der Waals surface area contributed by atoms with Crippen molar-refractivity contribution in [1.29, 1.82) is 0 Å². The van der Waals surface area contributed by atoms with Crippen molar-refractivity contribution in [2.24, 2.45) is 0 Å². The van der Waals surface area contributed by atoms with E-state index < -0.39 is 23.6 Å². The first-order chi connectivity index (χ1) is 15.5. The number of benzene rings is 1. The number of anilines is 1. The van der Waals surface area contributed by atoms with Crippen molar-refractivity contribution in [3.05, 3.63) is 52.1 Å². The van der Waals surface area contributed by atoms with E-state index in [1.807, 2.05) is 0 Å². The first-order valence-electron chi connectivity index (χ1n) is 10.1. The zero-order chi connectivity index (χ0) is 24.3. The van der Waals surface area contributed by atoms with E-state index in [4.69, 9.17) is 0 Å². The number of amides is 2. The molecule has 1 fully saturated rings. The van der Waals surface area contributed by atoms with Gasteiger partial charge in [0, 0.05) is 64.2 Å². The predicted molar refractivity (Wildman–Crippen MR) is 112 cm³/mol. The summed E-state index contributed by atoms with van der Waals surface area (Å²) in [5.41, 5.74) is 0.108. The molecular weight excluding hydrogens is 445 g/mol. The van der Waals surface area contributed by atoms with Crippen LogP contribution in [0.15, 0.2) is 30.6 Å². The van der Waals surface area contributed by atoms with E-state index in [9.17, 15) is 32.9 Å². The lowest BCUT2D eigenvalue weighted by Gasteiger charge is -2.35. The maximum Gasteiger partial charge on any atom is 0.406 e. The molecule has 2 heterocycles. The molecular formula is C20H23F3N6O4. The number of nitro groups is 1. The number of carbonyl (C=O) groups is 2. The van der Waals surface area contributed by atoms with Crippen LogP contribution < -0.4 is 4.90 Å². The smallest absolute Gasteiger partial charge is 0.362 e. The Labute approximate surface area is 187 Å². The summed E-state index contributed by atoms with van der Waals surface area (Å²) in [5.74, 6) is -0.616. The van der Waals surface area contributed by atoms with Crippen LogP contribution in [0.4, 0.5) is 24.5 Å². The van der Waals surface area contributed by atoms with Crippen molar-refractivity contribution >= 4 is 23.2 Å². The number of alkyl halides is 3. The maximum absolute atomic E-state index is 12.8. The Morgan fingerprint density at radius 2 is 1.88 bits per heavy atom. The normalized spacial score (nSPS) is 14.3. The standard InChI is InChI=1S/C20H23F3N6O4/c1-14(30)26-7-9-27(10-8-26)16-4-3-15(11-17(16)29(32)33)19(31)25(2)12-18-24-5-6-28(18)13-20(21,22)23/h3-6,11H,7-10,12-13H2,1-2H3. The van der Waals surface area contributed by atoms with E-state index in [-0.39, 0.29) is 29.5 Å². The summed E-state index contributed by atoms with van der Waals surface area (Å²) in [5, 5.41) is 11.7. The quantitative estimate of drug-likeness (QED) is 0.476. The molecule has 0 N–H and O–H groups in total. The Hall–Kier alpha value is -3.64. The molecule has 0 bridgehead atoms. The monoisotopic (exact) mass is 468 g/mol. The molecule has 13 heteroatoms. The summed E-state index contributed by atoms with van der Waals surface area (Å²) in [4.78, 5) is 43.9. The molecule has 3 rings (SSSR count). The van der Waals surface area contributed by atoms with Crippen LogP contribution in [0.2, 0.25) is 0 Å². The highest BCUT2D eigenvalue weighted by atomic mass is 19.4. The lowest BCUT2D eigenvalue weighted by Crippen LogP contribution is -2.48. The number of aromatic nitrogens is 2. The molecule has 0 atom stereocenters. The lowest BCUT2D eigenvalue weighted by molar-refractivity contribution is -0.384. The van der Waals surface area contributed by atoms with Gasteiger partial charge in [-0.25, -0.2) is 4.98 Å². The summed E-state index contributed by atoms with van der Waals surface area (Å²) in [6, 6.07) is 4.08. The van der Waals surface area contributed by atoms with Crippen LogP contribution in [0.5, 0.6) is 0 Å². The summed E-state index contributed by atoms with van der Waals surface area (Å²) >= 11 is 0. The number of piperazine rings is 1. The highest BCUT2D eigenvalue weighted by molar-refractivity contribution is 5.95. The van der Waals surface area contributed by atoms with Crippen LogP contribution in [-0.2, 0) is 17.9 Å². The Bertz CT molecular complexity index is 1050. The number of hydrogen-bond donors (Lipinski definition) is 0. The van der Waals surface area contributed by atoms with Gasteiger partial charge in [0.05, 0.1) is 11.5 Å². The largest absolute Gasteiger partial charge is 0.406 e. The zero-order valence-electron chi connectivity index (χ0n) is 18.1. The highest BCUT2D eigenvalue weighted by Crippen LogP contribution is 2.30. The predicted octanol–water partition coefficient (Wildman–Crippen LogP) is 2.29. The van der Waals surface area contributed by atoms with Crippen LogP contribution in [0.25, 0.3) is 0 Å². The number of halogens is 3. The number of rotatable bonds is 6. The van der Waals surface area contributed by atoms with Gasteiger partial charge < -0.3 is 19.3 Å². The van der Waals surface area contributed by atoms with E-state index in [1.165, 1.54) is 38.5 Å². The van der Waals surface area contributed by atoms with Crippen molar-refractivity contribution in [2.45, 2.75) is 26.2 Å². The molecule has 2 aromatic rings. The number of hydrogen-bond acceptors (Lipinski definition) is 6. The minimum Gasteiger partial charge on any atom is -0.362 e. The molecule has 0 saturated carbocycles. The summed E-state index contributed by atoms with van der Waals surface area (Å²) in [7, 11) is 1.38. The van der Waals surface area contributed by atoms with Gasteiger partial charge in [-0.15, -0.1) is 0 Å². The number of nitrogens with zero attached hydrogens (tertiary/aromatic N) is 6. The zero-order valence-corrected chi connectivity index (χ0v) is 18.1. The van der Waals surface area contributed by atoms with Crippen molar-refractivity contribution < 1.29 is 27.7 Å². The third-order valence-electron chi connectivity index (χ3n) is 5.36. The molecule has 178 valence electrons. The van der Waals surface area contributed by atoms with Gasteiger partial charge >= 0.3 is 6.18 Å². The molecule has 0 radical (unpaired) electrons. The molecule has 1 aliphatic heterocycles. The second-order valence-electron chi connectivity index (χ2n) is 7.70. The van der Waals surface area contributed by atoms with Crippen molar-refractivity contribution in [3.63, 3.8) is 0 Å². The first-order valence-corrected chi connectivity index (χ1v) is 10.1. The molecule has 1 saturated heterocycles. The second kappa shape index (κ2) is 9.46. The third-order valence-corrected chi connectivity index (χ3v) is 5.36. The van der Waals surface area contributed by atoms with E-state index in [0.717, 1.165) is 15.5 Å². The SMILES string of the molecule is CC(=O)N1CCN(c2ccc(C(=O)N(C)Cc3nccn3CC(F)(F)F)cc2[N+](=O)[O-])CC1. The molecule has 0 spiro atoms. The van der Waals surface area contributed by atoms with Gasteiger partial charge in [-0.1, -0.05) is 0 Å². The fourth-order valence-corrected chi connectivity index (χ4v) is 3.67. The Balaban J connectivity index is 1.76. The molecule has 1 aromatic carbocycles. The molecule has 1 aliphatic rings. The molecule has 0 aliphatic carbocycles. The van der Waals surface area contributed by atoms with Gasteiger partial charge in [0.25, 0.3) is 11.6 Å². The number of imidazole rings is 1. The molecule has 1 aromatic heterocycles. The van der Waals surface area contributed by atoms with Crippen LogP contribution in [-0.4, -0.2) is 75.5 Å². The van der Waals surface area contributed by atoms with Crippen molar-refractivity contribution in [3.8, 4) is 0 Å². The summed E-state index contributed by atoms with van der Waals surface area (Å²) < 4.78 is 39.0. The van der Waals surface area contributed by atoms with Crippen molar-refractivity contribution in [1.82, 2.24) is 19.4 Å². The lowest BCUT2D eigenvalue weighted by atomic mass is 10.1. The van der Waals surface area contributed by atoms with Crippen LogP contribution >= 0.6 is 0 Å². The minimum atomic E-state index is -4.44. The number of carbonyl (C=O) groups excluding carboxylic acids is 2. The molecule has 0 unspecified atom stereocenters. The van der Waals surface area contributed by atoms with Crippen LogP contribution in [0, 0.1) is 10.1 Å². The molecule has 2 amide bonds.